The number of nitrogens with zero attached hydrogens (tertiary/aromatic N) is 5. The Bertz CT molecular complexity index is 795. The summed E-state index contributed by atoms with van der Waals surface area (Å²) >= 11 is 0. The van der Waals surface area contributed by atoms with Gasteiger partial charge in [0.1, 0.15) is 5.82 Å². The van der Waals surface area contributed by atoms with Gasteiger partial charge < -0.3 is 20.0 Å². The molecule has 0 unspecified atom stereocenters. The summed E-state index contributed by atoms with van der Waals surface area (Å²) in [6, 6.07) is 10.5. The molecular weight excluding hydrogens is 352 g/mol. The smallest absolute Gasteiger partial charge is 0.227 e. The van der Waals surface area contributed by atoms with Gasteiger partial charge in [-0.15, -0.1) is 0 Å². The van der Waals surface area contributed by atoms with Gasteiger partial charge in [0.15, 0.2) is 0 Å². The van der Waals surface area contributed by atoms with Gasteiger partial charge in [0.25, 0.3) is 0 Å². The molecule has 1 aromatic heterocycles. The van der Waals surface area contributed by atoms with Crippen molar-refractivity contribution in [2.24, 2.45) is 0 Å². The lowest BCUT2D eigenvalue weighted by Gasteiger charge is -2.34. The number of rotatable bonds is 4. The molecule has 28 heavy (non-hydrogen) atoms. The Kier molecular flexibility index (Phi) is 5.60. The second-order valence-electron chi connectivity index (χ2n) is 7.45. The van der Waals surface area contributed by atoms with E-state index in [1.54, 1.807) is 13.1 Å². The topological polar surface area (TPSA) is 64.6 Å². The second-order valence-corrected chi connectivity index (χ2v) is 7.45. The Morgan fingerprint density at radius 1 is 0.893 bits per heavy atom. The van der Waals surface area contributed by atoms with Crippen molar-refractivity contribution in [2.75, 3.05) is 54.4 Å². The Labute approximate surface area is 166 Å². The van der Waals surface area contributed by atoms with Crippen LogP contribution < -0.4 is 15.1 Å². The van der Waals surface area contributed by atoms with Gasteiger partial charge >= 0.3 is 0 Å². The number of benzene rings is 1. The van der Waals surface area contributed by atoms with E-state index < -0.39 is 0 Å². The third kappa shape index (κ3) is 4.35. The summed E-state index contributed by atoms with van der Waals surface area (Å²) in [5.74, 6) is 1.62. The Morgan fingerprint density at radius 3 is 2.29 bits per heavy atom. The molecule has 0 spiro atoms. The van der Waals surface area contributed by atoms with Gasteiger partial charge in [-0.25, -0.2) is 4.98 Å². The molecule has 0 aliphatic carbocycles. The summed E-state index contributed by atoms with van der Waals surface area (Å²) in [5.41, 5.74) is 2.31. The molecule has 0 atom stereocenters. The Morgan fingerprint density at radius 2 is 1.61 bits per heavy atom. The van der Waals surface area contributed by atoms with Gasteiger partial charge in [-0.05, 0) is 49.6 Å². The minimum absolute atomic E-state index is 0.129. The lowest BCUT2D eigenvalue weighted by atomic mass is 10.1. The van der Waals surface area contributed by atoms with E-state index in [9.17, 15) is 4.79 Å². The number of hydrogen-bond acceptors (Lipinski definition) is 6. The van der Waals surface area contributed by atoms with Crippen molar-refractivity contribution >= 4 is 29.0 Å². The van der Waals surface area contributed by atoms with Crippen LogP contribution in [0.1, 0.15) is 26.2 Å². The minimum Gasteiger partial charge on any atom is -0.372 e. The number of carbonyl (C=O) groups is 1. The first-order valence-electron chi connectivity index (χ1n) is 10.1. The van der Waals surface area contributed by atoms with E-state index in [1.807, 2.05) is 11.0 Å². The van der Waals surface area contributed by atoms with Crippen LogP contribution in [0.2, 0.25) is 0 Å². The van der Waals surface area contributed by atoms with Gasteiger partial charge in [-0.1, -0.05) is 0 Å². The molecule has 0 radical (unpaired) electrons. The van der Waals surface area contributed by atoms with Crippen molar-refractivity contribution in [1.29, 1.82) is 0 Å². The normalized spacial score (nSPS) is 17.5. The molecule has 2 aliphatic rings. The van der Waals surface area contributed by atoms with Crippen molar-refractivity contribution in [3.8, 4) is 0 Å². The molecule has 2 aliphatic heterocycles. The predicted molar refractivity (Wildman–Crippen MR) is 112 cm³/mol. The lowest BCUT2D eigenvalue weighted by Crippen LogP contribution is -2.48. The molecule has 148 valence electrons. The maximum Gasteiger partial charge on any atom is 0.227 e. The first-order chi connectivity index (χ1) is 13.7. The van der Waals surface area contributed by atoms with Crippen molar-refractivity contribution in [1.82, 2.24) is 14.9 Å². The van der Waals surface area contributed by atoms with Crippen LogP contribution in [0.3, 0.4) is 0 Å². The molecule has 4 rings (SSSR count). The first-order valence-corrected chi connectivity index (χ1v) is 10.1. The van der Waals surface area contributed by atoms with Crippen molar-refractivity contribution in [2.45, 2.75) is 26.2 Å². The maximum absolute atomic E-state index is 11.5. The molecule has 2 aromatic rings. The zero-order valence-electron chi connectivity index (χ0n) is 16.5. The van der Waals surface area contributed by atoms with Gasteiger partial charge in [-0.2, -0.15) is 4.98 Å². The summed E-state index contributed by atoms with van der Waals surface area (Å²) in [5, 5.41) is 3.38. The monoisotopic (exact) mass is 380 g/mol. The van der Waals surface area contributed by atoms with Crippen molar-refractivity contribution in [3.05, 3.63) is 36.5 Å². The van der Waals surface area contributed by atoms with Crippen LogP contribution >= 0.6 is 0 Å². The summed E-state index contributed by atoms with van der Waals surface area (Å²) in [7, 11) is 0. The molecular formula is C21H28N6O. The molecule has 2 fully saturated rings. The molecule has 1 N–H and O–H groups in total. The average molecular weight is 380 g/mol. The largest absolute Gasteiger partial charge is 0.372 e. The SMILES string of the molecule is CC(=O)N1CCN(c2nccc(Nc3ccc(N4CCCCC4)cc3)n2)CC1. The van der Waals surface area contributed by atoms with Crippen LogP contribution in [0.15, 0.2) is 36.5 Å². The molecule has 1 amide bonds. The van der Waals surface area contributed by atoms with Crippen LogP contribution in [-0.2, 0) is 4.79 Å². The summed E-state index contributed by atoms with van der Waals surface area (Å²) in [6.45, 7) is 6.87. The number of carbonyl (C=O) groups excluding carboxylic acids is 1. The first kappa shape index (κ1) is 18.5. The fourth-order valence-corrected chi connectivity index (χ4v) is 3.85. The number of piperidine rings is 1. The molecule has 0 saturated carbocycles. The highest BCUT2D eigenvalue weighted by molar-refractivity contribution is 5.73. The van der Waals surface area contributed by atoms with Gasteiger partial charge in [0.2, 0.25) is 11.9 Å². The van der Waals surface area contributed by atoms with Crippen LogP contribution in [-0.4, -0.2) is 60.0 Å². The van der Waals surface area contributed by atoms with E-state index in [1.165, 1.54) is 24.9 Å². The van der Waals surface area contributed by atoms with E-state index >= 15 is 0 Å². The zero-order valence-corrected chi connectivity index (χ0v) is 16.5. The van der Waals surface area contributed by atoms with E-state index in [-0.39, 0.29) is 5.91 Å². The average Bonchev–Trinajstić information content (AvgIpc) is 2.75. The molecule has 7 nitrogen and oxygen atoms in total. The van der Waals surface area contributed by atoms with Crippen LogP contribution in [0.5, 0.6) is 0 Å². The van der Waals surface area contributed by atoms with Crippen molar-refractivity contribution in [3.63, 3.8) is 0 Å². The lowest BCUT2D eigenvalue weighted by molar-refractivity contribution is -0.129. The standard InChI is InChI=1S/C21H28N6O/c1-17(28)25-13-15-27(16-14-25)21-22-10-9-20(24-21)23-18-5-7-19(8-6-18)26-11-3-2-4-12-26/h5-10H,2-4,11-16H2,1H3,(H,22,23,24). The molecule has 2 saturated heterocycles. The number of anilines is 4. The van der Waals surface area contributed by atoms with E-state index in [0.29, 0.717) is 19.0 Å². The quantitative estimate of drug-likeness (QED) is 0.880. The third-order valence-corrected chi connectivity index (χ3v) is 5.51. The van der Waals surface area contributed by atoms with Crippen LogP contribution in [0, 0.1) is 0 Å². The number of amides is 1. The molecule has 3 heterocycles. The van der Waals surface area contributed by atoms with Crippen LogP contribution in [0.4, 0.5) is 23.1 Å². The fraction of sp³-hybridized carbons (Fsp3) is 0.476. The summed E-state index contributed by atoms with van der Waals surface area (Å²) in [4.78, 5) is 27.0. The minimum atomic E-state index is 0.129. The Balaban J connectivity index is 1.39. The highest BCUT2D eigenvalue weighted by Crippen LogP contribution is 2.23. The highest BCUT2D eigenvalue weighted by atomic mass is 16.2. The molecule has 7 heteroatoms. The number of nitrogens with one attached hydrogen (secondary N) is 1. The number of piperazine rings is 1. The second kappa shape index (κ2) is 8.46. The molecule has 0 bridgehead atoms. The van der Waals surface area contributed by atoms with E-state index in [2.05, 4.69) is 49.4 Å². The Hall–Kier alpha value is -2.83. The van der Waals surface area contributed by atoms with Gasteiger partial charge in [0.05, 0.1) is 0 Å². The third-order valence-electron chi connectivity index (χ3n) is 5.51. The highest BCUT2D eigenvalue weighted by Gasteiger charge is 2.20. The molecule has 1 aromatic carbocycles. The van der Waals surface area contributed by atoms with E-state index in [0.717, 1.165) is 37.7 Å². The fourth-order valence-electron chi connectivity index (χ4n) is 3.85. The van der Waals surface area contributed by atoms with Crippen LogP contribution in [0.25, 0.3) is 0 Å². The zero-order chi connectivity index (χ0) is 19.3. The van der Waals surface area contributed by atoms with Crippen molar-refractivity contribution < 1.29 is 4.79 Å². The predicted octanol–water partition coefficient (Wildman–Crippen LogP) is 2.88. The van der Waals surface area contributed by atoms with Gasteiger partial charge in [-0.3, -0.25) is 4.79 Å². The number of aromatic nitrogens is 2. The maximum atomic E-state index is 11.5. The summed E-state index contributed by atoms with van der Waals surface area (Å²) in [6.07, 6.45) is 5.69. The summed E-state index contributed by atoms with van der Waals surface area (Å²) < 4.78 is 0. The van der Waals surface area contributed by atoms with E-state index in [4.69, 9.17) is 0 Å². The van der Waals surface area contributed by atoms with Gasteiger partial charge in [0, 0.05) is 63.8 Å². The number of hydrogen-bond donors (Lipinski definition) is 1.